The fourth-order valence-corrected chi connectivity index (χ4v) is 5.68. The molecule has 4 N–H and O–H groups in total. The third kappa shape index (κ3) is 5.98. The third-order valence-corrected chi connectivity index (χ3v) is 7.88. The van der Waals surface area contributed by atoms with Gasteiger partial charge in [0.2, 0.25) is 0 Å². The minimum Gasteiger partial charge on any atom is -0.497 e. The van der Waals surface area contributed by atoms with Crippen LogP contribution in [0.3, 0.4) is 0 Å². The van der Waals surface area contributed by atoms with Crippen molar-refractivity contribution in [3.8, 4) is 11.4 Å². The normalized spacial score (nSPS) is 15.1. The summed E-state index contributed by atoms with van der Waals surface area (Å²) in [5, 5.41) is 41.4. The molecule has 0 radical (unpaired) electrons. The van der Waals surface area contributed by atoms with Crippen molar-refractivity contribution < 1.29 is 19.9 Å². The van der Waals surface area contributed by atoms with Crippen LogP contribution in [0.5, 0.6) is 5.75 Å². The molecule has 0 spiro atoms. The number of aliphatic imine (C=N–C) groups is 1. The van der Waals surface area contributed by atoms with Crippen LogP contribution in [-0.2, 0) is 5.75 Å². The van der Waals surface area contributed by atoms with Crippen LogP contribution < -0.4 is 15.5 Å². The third-order valence-electron chi connectivity index (χ3n) is 6.80. The van der Waals surface area contributed by atoms with Gasteiger partial charge < -0.3 is 19.9 Å². The van der Waals surface area contributed by atoms with Gasteiger partial charge in [-0.05, 0) is 54.8 Å². The highest BCUT2D eigenvalue weighted by molar-refractivity contribution is 7.98. The summed E-state index contributed by atoms with van der Waals surface area (Å²) in [5.74, 6) is 2.83. The van der Waals surface area contributed by atoms with Crippen LogP contribution in [0.15, 0.2) is 76.6 Å². The number of nitrogens with zero attached hydrogens (tertiary/aromatic N) is 4. The standard InChI is InChI=1S/C29H32BN5O4S/c1-4-31-27(36)16-25-29-34-33-18(2)35(29)26-13-10-22(39-3)15-24(26)28(32-25)20-8-11-23(12-9-20)40-17-19-6-5-7-21(14-19)30(37)38/h5-15,25,27,31,36-38H,4,16-17H2,1-3H3. The molecule has 206 valence electrons. The lowest BCUT2D eigenvalue weighted by Gasteiger charge is -2.17. The Hall–Kier alpha value is -3.48. The Morgan fingerprint density at radius 2 is 1.88 bits per heavy atom. The topological polar surface area (TPSA) is 125 Å². The largest absolute Gasteiger partial charge is 0.497 e. The summed E-state index contributed by atoms with van der Waals surface area (Å²) < 4.78 is 7.57. The molecule has 3 aromatic carbocycles. The van der Waals surface area contributed by atoms with E-state index in [0.29, 0.717) is 35.8 Å². The fourth-order valence-electron chi connectivity index (χ4n) is 4.84. The second kappa shape index (κ2) is 12.4. The van der Waals surface area contributed by atoms with E-state index in [1.165, 1.54) is 0 Å². The lowest BCUT2D eigenvalue weighted by atomic mass is 9.80. The van der Waals surface area contributed by atoms with Gasteiger partial charge in [-0.3, -0.25) is 14.9 Å². The first-order chi connectivity index (χ1) is 19.4. The molecule has 1 aliphatic rings. The van der Waals surface area contributed by atoms with E-state index in [-0.39, 0.29) is 0 Å². The number of aromatic nitrogens is 3. The number of hydrogen-bond donors (Lipinski definition) is 4. The van der Waals surface area contributed by atoms with Crippen LogP contribution in [0.25, 0.3) is 5.69 Å². The van der Waals surface area contributed by atoms with Crippen LogP contribution in [0, 0.1) is 6.92 Å². The van der Waals surface area contributed by atoms with E-state index < -0.39 is 19.4 Å². The summed E-state index contributed by atoms with van der Waals surface area (Å²) in [7, 11) is 0.161. The molecule has 0 aliphatic carbocycles. The number of hydrogen-bond acceptors (Lipinski definition) is 9. The molecule has 0 saturated carbocycles. The summed E-state index contributed by atoms with van der Waals surface area (Å²) in [6, 6.07) is 21.0. The zero-order chi connectivity index (χ0) is 28.2. The summed E-state index contributed by atoms with van der Waals surface area (Å²) in [5.41, 5.74) is 5.00. The number of aliphatic hydroxyl groups excluding tert-OH is 1. The van der Waals surface area contributed by atoms with E-state index in [1.807, 2.05) is 48.7 Å². The van der Waals surface area contributed by atoms with Gasteiger partial charge in [-0.15, -0.1) is 22.0 Å². The maximum atomic E-state index is 10.6. The highest BCUT2D eigenvalue weighted by atomic mass is 32.2. The van der Waals surface area contributed by atoms with Crippen molar-refractivity contribution in [2.75, 3.05) is 13.7 Å². The molecule has 0 fully saturated rings. The number of fused-ring (bicyclic) bond motifs is 3. The van der Waals surface area contributed by atoms with Crippen molar-refractivity contribution in [3.05, 3.63) is 95.1 Å². The molecule has 9 nitrogen and oxygen atoms in total. The minimum atomic E-state index is -1.48. The van der Waals surface area contributed by atoms with Crippen LogP contribution in [-0.4, -0.2) is 62.6 Å². The minimum absolute atomic E-state index is 0.343. The Bertz CT molecular complexity index is 1510. The Kier molecular flexibility index (Phi) is 8.67. The van der Waals surface area contributed by atoms with Crippen molar-refractivity contribution in [1.82, 2.24) is 20.1 Å². The Balaban J connectivity index is 1.50. The lowest BCUT2D eigenvalue weighted by Crippen LogP contribution is -2.30. The quantitative estimate of drug-likeness (QED) is 0.133. The Labute approximate surface area is 238 Å². The summed E-state index contributed by atoms with van der Waals surface area (Å²) in [6.45, 7) is 4.50. The SMILES string of the molecule is CCNC(O)CC1N=C(c2ccc(SCc3cccc(B(O)O)c3)cc2)c2cc(OC)ccc2-n2c(C)nnc21. The predicted molar refractivity (Wildman–Crippen MR) is 158 cm³/mol. The zero-order valence-electron chi connectivity index (χ0n) is 22.7. The second-order valence-electron chi connectivity index (χ2n) is 9.56. The van der Waals surface area contributed by atoms with Gasteiger partial charge >= 0.3 is 7.12 Å². The van der Waals surface area contributed by atoms with Crippen molar-refractivity contribution in [2.24, 2.45) is 4.99 Å². The van der Waals surface area contributed by atoms with E-state index in [1.54, 1.807) is 31.0 Å². The van der Waals surface area contributed by atoms with E-state index in [9.17, 15) is 15.2 Å². The number of methoxy groups -OCH3 is 1. The lowest BCUT2D eigenvalue weighted by molar-refractivity contribution is 0.121. The Morgan fingerprint density at radius 1 is 1.07 bits per heavy atom. The molecule has 0 bridgehead atoms. The van der Waals surface area contributed by atoms with Gasteiger partial charge in [0.05, 0.1) is 18.5 Å². The summed E-state index contributed by atoms with van der Waals surface area (Å²) >= 11 is 1.67. The van der Waals surface area contributed by atoms with Crippen molar-refractivity contribution in [2.45, 2.75) is 43.2 Å². The average molecular weight is 557 g/mol. The molecule has 0 saturated heterocycles. The fraction of sp³-hybridized carbons (Fsp3) is 0.276. The van der Waals surface area contributed by atoms with Gasteiger partial charge in [0.15, 0.2) is 5.82 Å². The first kappa shape index (κ1) is 28.1. The van der Waals surface area contributed by atoms with Crippen LogP contribution in [0.1, 0.15) is 47.7 Å². The van der Waals surface area contributed by atoms with Gasteiger partial charge in [0.25, 0.3) is 0 Å². The molecule has 40 heavy (non-hydrogen) atoms. The van der Waals surface area contributed by atoms with Gasteiger partial charge in [0.1, 0.15) is 23.8 Å². The van der Waals surface area contributed by atoms with E-state index in [0.717, 1.165) is 38.8 Å². The number of nitrogens with one attached hydrogen (secondary N) is 1. The van der Waals surface area contributed by atoms with Gasteiger partial charge in [-0.25, -0.2) is 0 Å². The molecule has 5 rings (SSSR count). The second-order valence-corrected chi connectivity index (χ2v) is 10.6. The molecule has 11 heteroatoms. The number of benzene rings is 3. The van der Waals surface area contributed by atoms with Gasteiger partial charge in [-0.1, -0.05) is 43.3 Å². The van der Waals surface area contributed by atoms with E-state index >= 15 is 0 Å². The van der Waals surface area contributed by atoms with Gasteiger partial charge in [-0.2, -0.15) is 0 Å². The molecule has 1 aromatic heterocycles. The smallest absolute Gasteiger partial charge is 0.488 e. The molecule has 2 atom stereocenters. The number of thioether (sulfide) groups is 1. The number of aryl methyl sites for hydroxylation is 1. The molecule has 2 heterocycles. The molecule has 0 amide bonds. The Morgan fingerprint density at radius 3 is 2.60 bits per heavy atom. The number of aliphatic hydroxyl groups is 1. The molecule has 1 aliphatic heterocycles. The van der Waals surface area contributed by atoms with Crippen LogP contribution in [0.2, 0.25) is 0 Å². The first-order valence-corrected chi connectivity index (χ1v) is 14.1. The zero-order valence-corrected chi connectivity index (χ0v) is 23.5. The van der Waals surface area contributed by atoms with Gasteiger partial charge in [0, 0.05) is 28.2 Å². The van der Waals surface area contributed by atoms with Crippen LogP contribution in [0.4, 0.5) is 0 Å². The molecular formula is C29H32BN5O4S. The van der Waals surface area contributed by atoms with Crippen molar-refractivity contribution >= 4 is 30.1 Å². The van der Waals surface area contributed by atoms with Crippen molar-refractivity contribution in [3.63, 3.8) is 0 Å². The number of rotatable bonds is 10. The maximum absolute atomic E-state index is 10.6. The van der Waals surface area contributed by atoms with E-state index in [2.05, 4.69) is 39.8 Å². The predicted octanol–water partition coefficient (Wildman–Crippen LogP) is 2.77. The summed E-state index contributed by atoms with van der Waals surface area (Å²) in [6.07, 6.45) is -0.402. The highest BCUT2D eigenvalue weighted by Gasteiger charge is 2.30. The molecule has 2 unspecified atom stereocenters. The maximum Gasteiger partial charge on any atom is 0.488 e. The molecule has 4 aromatic rings. The van der Waals surface area contributed by atoms with Crippen molar-refractivity contribution in [1.29, 1.82) is 0 Å². The van der Waals surface area contributed by atoms with Crippen LogP contribution >= 0.6 is 11.8 Å². The highest BCUT2D eigenvalue weighted by Crippen LogP contribution is 2.35. The monoisotopic (exact) mass is 557 g/mol. The average Bonchev–Trinajstić information content (AvgIpc) is 3.29. The first-order valence-electron chi connectivity index (χ1n) is 13.2. The molecular weight excluding hydrogens is 525 g/mol. The van der Waals surface area contributed by atoms with E-state index in [4.69, 9.17) is 9.73 Å². The summed E-state index contributed by atoms with van der Waals surface area (Å²) in [4.78, 5) is 6.25. The number of ether oxygens (including phenoxy) is 1.